The second-order valence-corrected chi connectivity index (χ2v) is 1.90. The summed E-state index contributed by atoms with van der Waals surface area (Å²) >= 11 is 0. The van der Waals surface area contributed by atoms with E-state index in [-0.39, 0.29) is 26.2 Å². The molecule has 0 aliphatic carbocycles. The minimum absolute atomic E-state index is 0. The maximum absolute atomic E-state index is 5.11. The molecule has 0 rings (SSSR count). The number of unbranched alkanes of at least 4 members (excludes halogenated alkanes) is 2. The van der Waals surface area contributed by atoms with E-state index in [1.165, 1.54) is 6.42 Å². The van der Waals surface area contributed by atoms with Crippen molar-refractivity contribution in [2.45, 2.75) is 19.8 Å². The Morgan fingerprint density at radius 1 is 1.60 bits per heavy atom. The quantitative estimate of drug-likeness (QED) is 0.377. The summed E-state index contributed by atoms with van der Waals surface area (Å²) < 4.78 is 5.11. The third kappa shape index (κ3) is 11.4. The zero-order chi connectivity index (χ0) is 6.95. The summed E-state index contributed by atoms with van der Waals surface area (Å²) in [5.41, 5.74) is 0. The molecule has 0 unspecified atom stereocenters. The minimum Gasteiger partial charge on any atom is -0.409 e. The number of hydrogen-bond acceptors (Lipinski definition) is 1. The van der Waals surface area contributed by atoms with Crippen LogP contribution in [0.3, 0.4) is 0 Å². The molecular formula is C8H15OZr-. The van der Waals surface area contributed by atoms with Crippen molar-refractivity contribution in [3.63, 3.8) is 0 Å². The van der Waals surface area contributed by atoms with Crippen molar-refractivity contribution in [2.75, 3.05) is 13.2 Å². The molecule has 0 atom stereocenters. The Kier molecular flexibility index (Phi) is 16.2. The zero-order valence-corrected chi connectivity index (χ0v) is 9.06. The molecule has 0 aromatic rings. The average molecular weight is 218 g/mol. The number of rotatable bonds is 6. The van der Waals surface area contributed by atoms with Crippen LogP contribution in [0.2, 0.25) is 0 Å². The standard InChI is InChI=1S/C8H15O.Zr/c1-3-5-6-8-9-7-4-2;/h4,6H,2-3,5,7-8H2,1H3;/q-1;. The molecule has 0 N–H and O–H groups in total. The van der Waals surface area contributed by atoms with Crippen molar-refractivity contribution in [3.05, 3.63) is 19.1 Å². The minimum atomic E-state index is 0. The molecule has 0 saturated heterocycles. The van der Waals surface area contributed by atoms with E-state index in [2.05, 4.69) is 19.9 Å². The molecule has 0 bridgehead atoms. The Hall–Kier alpha value is 0.583. The topological polar surface area (TPSA) is 9.23 Å². The van der Waals surface area contributed by atoms with Gasteiger partial charge >= 0.3 is 0 Å². The molecular weight excluding hydrogens is 203 g/mol. The zero-order valence-electron chi connectivity index (χ0n) is 6.60. The largest absolute Gasteiger partial charge is 0.409 e. The molecule has 0 aliphatic rings. The van der Waals surface area contributed by atoms with Crippen molar-refractivity contribution < 1.29 is 30.9 Å². The third-order valence-corrected chi connectivity index (χ3v) is 0.964. The van der Waals surface area contributed by atoms with Crippen LogP contribution in [-0.4, -0.2) is 13.2 Å². The van der Waals surface area contributed by atoms with Gasteiger partial charge < -0.3 is 11.2 Å². The maximum Gasteiger partial charge on any atom is 0.0609 e. The molecule has 58 valence electrons. The fraction of sp³-hybridized carbons (Fsp3) is 0.625. The first kappa shape index (κ1) is 13.2. The Bertz CT molecular complexity index is 64.3. The molecule has 0 aromatic carbocycles. The summed E-state index contributed by atoms with van der Waals surface area (Å²) in [6, 6.07) is 0. The van der Waals surface area contributed by atoms with Gasteiger partial charge in [-0.05, 0) is 0 Å². The predicted molar refractivity (Wildman–Crippen MR) is 40.2 cm³/mol. The first-order valence-electron chi connectivity index (χ1n) is 3.42. The second-order valence-electron chi connectivity index (χ2n) is 1.90. The smallest absolute Gasteiger partial charge is 0.0609 e. The van der Waals surface area contributed by atoms with Crippen LogP contribution in [0.4, 0.5) is 0 Å². The molecule has 0 spiro atoms. The van der Waals surface area contributed by atoms with Crippen LogP contribution < -0.4 is 0 Å². The Labute approximate surface area is 83.0 Å². The van der Waals surface area contributed by atoms with Gasteiger partial charge in [0.05, 0.1) is 6.61 Å². The van der Waals surface area contributed by atoms with E-state index in [0.29, 0.717) is 6.61 Å². The predicted octanol–water partition coefficient (Wildman–Crippen LogP) is 2.19. The van der Waals surface area contributed by atoms with E-state index in [1.807, 2.05) is 0 Å². The summed E-state index contributed by atoms with van der Waals surface area (Å²) in [6.07, 6.45) is 6.26. The summed E-state index contributed by atoms with van der Waals surface area (Å²) in [4.78, 5) is 0. The van der Waals surface area contributed by atoms with Gasteiger partial charge in [-0.2, -0.15) is 6.42 Å². The van der Waals surface area contributed by atoms with Crippen LogP contribution in [0, 0.1) is 6.42 Å². The van der Waals surface area contributed by atoms with Crippen molar-refractivity contribution in [3.8, 4) is 0 Å². The van der Waals surface area contributed by atoms with Gasteiger partial charge in [0, 0.05) is 26.2 Å². The Morgan fingerprint density at radius 2 is 2.30 bits per heavy atom. The maximum atomic E-state index is 5.11. The summed E-state index contributed by atoms with van der Waals surface area (Å²) in [7, 11) is 0. The van der Waals surface area contributed by atoms with Gasteiger partial charge in [-0.15, -0.1) is 6.58 Å². The molecule has 0 aliphatic heterocycles. The van der Waals surface area contributed by atoms with Crippen molar-refractivity contribution in [2.24, 2.45) is 0 Å². The van der Waals surface area contributed by atoms with E-state index < -0.39 is 0 Å². The van der Waals surface area contributed by atoms with Crippen LogP contribution in [0.15, 0.2) is 12.7 Å². The van der Waals surface area contributed by atoms with Crippen LogP contribution >= 0.6 is 0 Å². The van der Waals surface area contributed by atoms with E-state index in [0.717, 1.165) is 13.0 Å². The van der Waals surface area contributed by atoms with Crippen LogP contribution in [0.25, 0.3) is 0 Å². The number of ether oxygens (including phenoxy) is 1. The Balaban J connectivity index is 0. The molecule has 2 heteroatoms. The molecule has 1 nitrogen and oxygen atoms in total. The monoisotopic (exact) mass is 217 g/mol. The van der Waals surface area contributed by atoms with Gasteiger partial charge in [-0.3, -0.25) is 0 Å². The molecule has 0 fully saturated rings. The summed E-state index contributed by atoms with van der Waals surface area (Å²) in [6.45, 7) is 7.13. The molecule has 0 aromatic heterocycles. The SMILES string of the molecule is C=CCOC[CH-]CCC.[Zr]. The fourth-order valence-corrected chi connectivity index (χ4v) is 0.522. The molecule has 0 heterocycles. The van der Waals surface area contributed by atoms with Gasteiger partial charge in [0.2, 0.25) is 0 Å². The van der Waals surface area contributed by atoms with Gasteiger partial charge in [0.1, 0.15) is 0 Å². The van der Waals surface area contributed by atoms with Crippen molar-refractivity contribution in [1.29, 1.82) is 0 Å². The van der Waals surface area contributed by atoms with E-state index in [9.17, 15) is 0 Å². The van der Waals surface area contributed by atoms with Crippen molar-refractivity contribution >= 4 is 0 Å². The molecule has 0 radical (unpaired) electrons. The molecule has 10 heavy (non-hydrogen) atoms. The van der Waals surface area contributed by atoms with Gasteiger partial charge in [0.25, 0.3) is 0 Å². The first-order valence-corrected chi connectivity index (χ1v) is 3.42. The summed E-state index contributed by atoms with van der Waals surface area (Å²) in [5, 5.41) is 0. The van der Waals surface area contributed by atoms with Gasteiger partial charge in [-0.25, -0.2) is 0 Å². The van der Waals surface area contributed by atoms with Crippen LogP contribution in [0.1, 0.15) is 19.8 Å². The normalized spacial score (nSPS) is 8.50. The Morgan fingerprint density at radius 3 is 2.80 bits per heavy atom. The van der Waals surface area contributed by atoms with E-state index >= 15 is 0 Å². The van der Waals surface area contributed by atoms with Crippen LogP contribution in [0.5, 0.6) is 0 Å². The van der Waals surface area contributed by atoms with E-state index in [4.69, 9.17) is 4.74 Å². The fourth-order valence-electron chi connectivity index (χ4n) is 0.522. The average Bonchev–Trinajstić information content (AvgIpc) is 1.89. The second kappa shape index (κ2) is 12.3. The number of hydrogen-bond donors (Lipinski definition) is 0. The van der Waals surface area contributed by atoms with E-state index in [1.54, 1.807) is 6.08 Å². The van der Waals surface area contributed by atoms with Crippen molar-refractivity contribution in [1.82, 2.24) is 0 Å². The van der Waals surface area contributed by atoms with Gasteiger partial charge in [-0.1, -0.05) is 26.0 Å². The third-order valence-electron chi connectivity index (χ3n) is 0.964. The molecule has 0 saturated carbocycles. The summed E-state index contributed by atoms with van der Waals surface area (Å²) in [5.74, 6) is 0. The van der Waals surface area contributed by atoms with Gasteiger partial charge in [0.15, 0.2) is 0 Å². The molecule has 0 amide bonds. The first-order chi connectivity index (χ1) is 4.41. The van der Waals surface area contributed by atoms with Crippen LogP contribution in [-0.2, 0) is 30.9 Å².